The fraction of sp³-hybridized carbons (Fsp3) is 0.154. The number of aromatic nitrogens is 2. The lowest BCUT2D eigenvalue weighted by atomic mass is 10.1. The molecule has 0 aliphatic heterocycles. The Morgan fingerprint density at radius 1 is 1.35 bits per heavy atom. The summed E-state index contributed by atoms with van der Waals surface area (Å²) in [4.78, 5) is 0.123. The molecule has 0 aliphatic carbocycles. The van der Waals surface area contributed by atoms with E-state index in [1.807, 2.05) is 6.07 Å². The van der Waals surface area contributed by atoms with Crippen LogP contribution in [0, 0.1) is 18.3 Å². The Labute approximate surface area is 117 Å². The van der Waals surface area contributed by atoms with Crippen molar-refractivity contribution in [2.45, 2.75) is 18.4 Å². The molecule has 1 aromatic heterocycles. The standard InChI is InChI=1S/C13H12N4O2S/c1-10-7-13(5-4-11(10)8-14)20(18,19)16-9-12-3-2-6-15-17-12/h2-7,16H,9H2,1H3. The van der Waals surface area contributed by atoms with Crippen LogP contribution in [0.2, 0.25) is 0 Å². The Morgan fingerprint density at radius 3 is 2.75 bits per heavy atom. The molecule has 0 amide bonds. The number of rotatable bonds is 4. The van der Waals surface area contributed by atoms with Gasteiger partial charge in [0.05, 0.1) is 28.8 Å². The highest BCUT2D eigenvalue weighted by Crippen LogP contribution is 2.14. The maximum Gasteiger partial charge on any atom is 0.240 e. The van der Waals surface area contributed by atoms with E-state index in [9.17, 15) is 8.42 Å². The average Bonchev–Trinajstić information content (AvgIpc) is 2.46. The van der Waals surface area contributed by atoms with Crippen molar-refractivity contribution in [1.29, 1.82) is 5.26 Å². The lowest BCUT2D eigenvalue weighted by molar-refractivity contribution is 0.580. The number of sulfonamides is 1. The Balaban J connectivity index is 2.19. The molecule has 6 nitrogen and oxygen atoms in total. The summed E-state index contributed by atoms with van der Waals surface area (Å²) in [5, 5.41) is 16.3. The zero-order valence-corrected chi connectivity index (χ0v) is 11.6. The summed E-state index contributed by atoms with van der Waals surface area (Å²) in [5.74, 6) is 0. The van der Waals surface area contributed by atoms with Gasteiger partial charge in [-0.25, -0.2) is 13.1 Å². The molecule has 0 aliphatic rings. The van der Waals surface area contributed by atoms with Crippen molar-refractivity contribution in [3.8, 4) is 6.07 Å². The zero-order valence-electron chi connectivity index (χ0n) is 10.7. The van der Waals surface area contributed by atoms with Crippen LogP contribution in [0.4, 0.5) is 0 Å². The van der Waals surface area contributed by atoms with Crippen LogP contribution in [0.1, 0.15) is 16.8 Å². The van der Waals surface area contributed by atoms with Gasteiger partial charge < -0.3 is 0 Å². The van der Waals surface area contributed by atoms with Gasteiger partial charge >= 0.3 is 0 Å². The molecule has 1 heterocycles. The number of hydrogen-bond donors (Lipinski definition) is 1. The normalized spacial score (nSPS) is 11.0. The predicted molar refractivity (Wildman–Crippen MR) is 72.0 cm³/mol. The second-order valence-electron chi connectivity index (χ2n) is 4.13. The van der Waals surface area contributed by atoms with Gasteiger partial charge in [0.15, 0.2) is 0 Å². The minimum Gasteiger partial charge on any atom is -0.207 e. The number of nitrogens with zero attached hydrogens (tertiary/aromatic N) is 3. The molecule has 2 rings (SSSR count). The Kier molecular flexibility index (Phi) is 4.08. The number of hydrogen-bond acceptors (Lipinski definition) is 5. The van der Waals surface area contributed by atoms with Gasteiger partial charge in [0.1, 0.15) is 0 Å². The van der Waals surface area contributed by atoms with Crippen molar-refractivity contribution in [2.75, 3.05) is 0 Å². The monoisotopic (exact) mass is 288 g/mol. The molecule has 0 saturated heterocycles. The summed E-state index contributed by atoms with van der Waals surface area (Å²) >= 11 is 0. The van der Waals surface area contributed by atoms with Crippen LogP contribution in [0.5, 0.6) is 0 Å². The molecule has 0 spiro atoms. The first kappa shape index (κ1) is 14.1. The van der Waals surface area contributed by atoms with Gasteiger partial charge in [-0.3, -0.25) is 0 Å². The van der Waals surface area contributed by atoms with Crippen molar-refractivity contribution in [3.05, 3.63) is 53.3 Å². The highest BCUT2D eigenvalue weighted by molar-refractivity contribution is 7.89. The molecule has 0 bridgehead atoms. The molecule has 20 heavy (non-hydrogen) atoms. The van der Waals surface area contributed by atoms with E-state index in [0.717, 1.165) is 0 Å². The molecule has 7 heteroatoms. The number of nitriles is 1. The summed E-state index contributed by atoms with van der Waals surface area (Å²) < 4.78 is 26.7. The molecule has 0 atom stereocenters. The zero-order chi connectivity index (χ0) is 14.6. The van der Waals surface area contributed by atoms with E-state index in [1.54, 1.807) is 19.1 Å². The molecule has 0 unspecified atom stereocenters. The fourth-order valence-electron chi connectivity index (χ4n) is 1.61. The van der Waals surface area contributed by atoms with Gasteiger partial charge in [-0.15, -0.1) is 0 Å². The van der Waals surface area contributed by atoms with Gasteiger partial charge in [-0.05, 0) is 42.8 Å². The molecule has 102 valence electrons. The van der Waals surface area contributed by atoms with Gasteiger partial charge in [0, 0.05) is 6.20 Å². The highest BCUT2D eigenvalue weighted by Gasteiger charge is 2.15. The van der Waals surface area contributed by atoms with Crippen molar-refractivity contribution < 1.29 is 8.42 Å². The summed E-state index contributed by atoms with van der Waals surface area (Å²) in [5.41, 5.74) is 1.61. The predicted octanol–water partition coefficient (Wildman–Crippen LogP) is 1.14. The van der Waals surface area contributed by atoms with Gasteiger partial charge in [-0.1, -0.05) is 0 Å². The van der Waals surface area contributed by atoms with E-state index in [-0.39, 0.29) is 11.4 Å². The smallest absolute Gasteiger partial charge is 0.207 e. The van der Waals surface area contributed by atoms with E-state index in [2.05, 4.69) is 14.9 Å². The summed E-state index contributed by atoms with van der Waals surface area (Å²) in [7, 11) is -3.63. The summed E-state index contributed by atoms with van der Waals surface area (Å²) in [6.07, 6.45) is 1.52. The third kappa shape index (κ3) is 3.17. The number of nitrogens with one attached hydrogen (secondary N) is 1. The van der Waals surface area contributed by atoms with Crippen LogP contribution < -0.4 is 4.72 Å². The second kappa shape index (κ2) is 5.77. The summed E-state index contributed by atoms with van der Waals surface area (Å²) in [6.45, 7) is 1.76. The molecule has 1 N–H and O–H groups in total. The van der Waals surface area contributed by atoms with Crippen molar-refractivity contribution in [3.63, 3.8) is 0 Å². The largest absolute Gasteiger partial charge is 0.240 e. The van der Waals surface area contributed by atoms with Crippen molar-refractivity contribution in [1.82, 2.24) is 14.9 Å². The topological polar surface area (TPSA) is 95.7 Å². The van der Waals surface area contributed by atoms with E-state index in [1.165, 1.54) is 24.4 Å². The van der Waals surface area contributed by atoms with Crippen molar-refractivity contribution in [2.24, 2.45) is 0 Å². The van der Waals surface area contributed by atoms with E-state index in [0.29, 0.717) is 16.8 Å². The molecule has 2 aromatic rings. The Hall–Kier alpha value is -2.30. The lowest BCUT2D eigenvalue weighted by Gasteiger charge is -2.07. The minimum atomic E-state index is -3.63. The third-order valence-corrected chi connectivity index (χ3v) is 4.10. The fourth-order valence-corrected chi connectivity index (χ4v) is 2.69. The maximum absolute atomic E-state index is 12.1. The van der Waals surface area contributed by atoms with Gasteiger partial charge in [0.25, 0.3) is 0 Å². The maximum atomic E-state index is 12.1. The van der Waals surface area contributed by atoms with Crippen LogP contribution in [-0.2, 0) is 16.6 Å². The Bertz CT molecular complexity index is 752. The third-order valence-electron chi connectivity index (χ3n) is 2.70. The number of aryl methyl sites for hydroxylation is 1. The van der Waals surface area contributed by atoms with E-state index < -0.39 is 10.0 Å². The summed E-state index contributed by atoms with van der Waals surface area (Å²) in [6, 6.07) is 9.73. The van der Waals surface area contributed by atoms with Gasteiger partial charge in [-0.2, -0.15) is 15.5 Å². The molecule has 1 aromatic carbocycles. The highest BCUT2D eigenvalue weighted by atomic mass is 32.2. The van der Waals surface area contributed by atoms with Gasteiger partial charge in [0.2, 0.25) is 10.0 Å². The first-order valence-electron chi connectivity index (χ1n) is 5.80. The minimum absolute atomic E-state index is 0.0647. The average molecular weight is 288 g/mol. The van der Waals surface area contributed by atoms with Crippen LogP contribution in [0.3, 0.4) is 0 Å². The van der Waals surface area contributed by atoms with Crippen LogP contribution in [-0.4, -0.2) is 18.6 Å². The first-order valence-corrected chi connectivity index (χ1v) is 7.28. The lowest BCUT2D eigenvalue weighted by Crippen LogP contribution is -2.24. The van der Waals surface area contributed by atoms with Crippen molar-refractivity contribution >= 4 is 10.0 Å². The van der Waals surface area contributed by atoms with E-state index in [4.69, 9.17) is 5.26 Å². The SMILES string of the molecule is Cc1cc(S(=O)(=O)NCc2cccnn2)ccc1C#N. The Morgan fingerprint density at radius 2 is 2.15 bits per heavy atom. The van der Waals surface area contributed by atoms with Crippen LogP contribution in [0.15, 0.2) is 41.4 Å². The van der Waals surface area contributed by atoms with Crippen LogP contribution >= 0.6 is 0 Å². The second-order valence-corrected chi connectivity index (χ2v) is 5.90. The first-order chi connectivity index (χ1) is 9.53. The number of benzene rings is 1. The molecule has 0 saturated carbocycles. The molecular formula is C13H12N4O2S. The quantitative estimate of drug-likeness (QED) is 0.910. The van der Waals surface area contributed by atoms with E-state index >= 15 is 0 Å². The molecule has 0 radical (unpaired) electrons. The molecular weight excluding hydrogens is 276 g/mol. The molecule has 0 fully saturated rings. The van der Waals surface area contributed by atoms with Crippen LogP contribution in [0.25, 0.3) is 0 Å².